The van der Waals surface area contributed by atoms with Crippen LogP contribution < -0.4 is 15.5 Å². The zero-order valence-electron chi connectivity index (χ0n) is 21.9. The van der Waals surface area contributed by atoms with Gasteiger partial charge >= 0.3 is 0 Å². The largest absolute Gasteiger partial charge is 0.393 e. The number of nitrogens with zero attached hydrogens (tertiary/aromatic N) is 1. The van der Waals surface area contributed by atoms with Crippen LogP contribution in [0.15, 0.2) is 97.2 Å². The van der Waals surface area contributed by atoms with E-state index in [9.17, 15) is 14.7 Å². The molecule has 1 saturated heterocycles. The molecule has 6 rings (SSSR count). The van der Waals surface area contributed by atoms with Crippen molar-refractivity contribution in [2.24, 2.45) is 0 Å². The summed E-state index contributed by atoms with van der Waals surface area (Å²) >= 11 is 0. The molecule has 0 atom stereocenters. The van der Waals surface area contributed by atoms with Gasteiger partial charge in [0.05, 0.1) is 6.10 Å². The lowest BCUT2D eigenvalue weighted by Crippen LogP contribution is -2.35. The van der Waals surface area contributed by atoms with Gasteiger partial charge in [0.1, 0.15) is 0 Å². The average Bonchev–Trinajstić information content (AvgIpc) is 3.48. The minimum absolute atomic E-state index is 0.0906. The molecule has 40 heavy (non-hydrogen) atoms. The Morgan fingerprint density at radius 2 is 1.40 bits per heavy atom. The van der Waals surface area contributed by atoms with E-state index in [-0.39, 0.29) is 17.8 Å². The van der Waals surface area contributed by atoms with Gasteiger partial charge in [-0.15, -0.1) is 0 Å². The van der Waals surface area contributed by atoms with Crippen LogP contribution in [0.3, 0.4) is 0 Å². The molecule has 7 heteroatoms. The highest BCUT2D eigenvalue weighted by Crippen LogP contribution is 2.25. The third-order valence-electron chi connectivity index (χ3n) is 7.29. The number of ketones is 1. The van der Waals surface area contributed by atoms with Gasteiger partial charge in [0.2, 0.25) is 0 Å². The normalized spacial score (nSPS) is 13.8. The highest BCUT2D eigenvalue weighted by molar-refractivity contribution is 6.13. The predicted octanol–water partition coefficient (Wildman–Crippen LogP) is 6.16. The van der Waals surface area contributed by atoms with Crippen LogP contribution in [0.2, 0.25) is 0 Å². The van der Waals surface area contributed by atoms with Gasteiger partial charge in [-0.1, -0.05) is 6.07 Å². The first-order valence-electron chi connectivity index (χ1n) is 13.4. The minimum Gasteiger partial charge on any atom is -0.393 e. The number of benzene rings is 4. The van der Waals surface area contributed by atoms with E-state index in [0.717, 1.165) is 53.9 Å². The number of hydrogen-bond donors (Lipinski definition) is 4. The van der Waals surface area contributed by atoms with Crippen LogP contribution in [0.25, 0.3) is 10.9 Å². The number of H-pyrrole nitrogens is 1. The summed E-state index contributed by atoms with van der Waals surface area (Å²) in [6, 6.07) is 31.1. The molecule has 1 aliphatic rings. The van der Waals surface area contributed by atoms with Gasteiger partial charge in [-0.05, 0) is 97.8 Å². The number of aromatic nitrogens is 1. The monoisotopic (exact) mass is 529 g/mol. The topological polar surface area (TPSA) is 97.5 Å². The first kappa shape index (κ1) is 25.4. The summed E-state index contributed by atoms with van der Waals surface area (Å²) in [5, 5.41) is 16.7. The predicted molar refractivity (Wildman–Crippen MR) is 159 cm³/mol. The second-order valence-corrected chi connectivity index (χ2v) is 9.99. The zero-order chi connectivity index (χ0) is 27.5. The number of piperidine rings is 1. The van der Waals surface area contributed by atoms with Crippen LogP contribution in [0, 0.1) is 6.07 Å². The second-order valence-electron chi connectivity index (χ2n) is 9.99. The van der Waals surface area contributed by atoms with E-state index < -0.39 is 0 Å². The van der Waals surface area contributed by atoms with E-state index in [1.165, 1.54) is 0 Å². The summed E-state index contributed by atoms with van der Waals surface area (Å²) in [6.45, 7) is 1.73. The quantitative estimate of drug-likeness (QED) is 0.190. The smallest absolute Gasteiger partial charge is 0.256 e. The lowest BCUT2D eigenvalue weighted by Gasteiger charge is -2.31. The Labute approximate surface area is 232 Å². The van der Waals surface area contributed by atoms with Crippen LogP contribution in [0.5, 0.6) is 0 Å². The number of fused-ring (bicyclic) bond motifs is 1. The Hall–Kier alpha value is -4.88. The lowest BCUT2D eigenvalue weighted by atomic mass is 10.0. The van der Waals surface area contributed by atoms with Crippen molar-refractivity contribution < 1.29 is 14.7 Å². The molecule has 1 fully saturated rings. The Balaban J connectivity index is 1.06. The first-order chi connectivity index (χ1) is 19.5. The number of carbonyl (C=O) groups is 2. The number of nitrogens with one attached hydrogen (secondary N) is 3. The van der Waals surface area contributed by atoms with Gasteiger partial charge in [-0.2, -0.15) is 0 Å². The van der Waals surface area contributed by atoms with Crippen LogP contribution in [0.4, 0.5) is 22.7 Å². The molecule has 0 aliphatic carbocycles. The Morgan fingerprint density at radius 3 is 2.05 bits per heavy atom. The van der Waals surface area contributed by atoms with Crippen LogP contribution >= 0.6 is 0 Å². The van der Waals surface area contributed by atoms with E-state index >= 15 is 0 Å². The van der Waals surface area contributed by atoms with E-state index in [1.54, 1.807) is 36.5 Å². The van der Waals surface area contributed by atoms with Crippen molar-refractivity contribution >= 4 is 45.3 Å². The van der Waals surface area contributed by atoms with Crippen molar-refractivity contribution in [3.05, 3.63) is 120 Å². The van der Waals surface area contributed by atoms with Gasteiger partial charge in [0, 0.05) is 75.7 Å². The van der Waals surface area contributed by atoms with Gasteiger partial charge in [-0.25, -0.2) is 0 Å². The summed E-state index contributed by atoms with van der Waals surface area (Å²) < 4.78 is 0. The SMILES string of the molecule is O=C(c1ccc(NC(=O)c2cccc3[nH]c[c]c23)cc1)c1ccc(Nc2ccc(N3CCC(O)CC3)cc2)cc1. The zero-order valence-corrected chi connectivity index (χ0v) is 21.9. The molecular formula is C33H29N4O3. The van der Waals surface area contributed by atoms with E-state index in [0.29, 0.717) is 22.4 Å². The van der Waals surface area contributed by atoms with Crippen molar-refractivity contribution in [2.45, 2.75) is 18.9 Å². The van der Waals surface area contributed by atoms with Crippen molar-refractivity contribution in [3.63, 3.8) is 0 Å². The fraction of sp³-hybridized carbons (Fsp3) is 0.152. The van der Waals surface area contributed by atoms with E-state index in [4.69, 9.17) is 0 Å². The van der Waals surface area contributed by atoms with Gasteiger partial charge in [-0.3, -0.25) is 9.59 Å². The molecular weight excluding hydrogens is 500 g/mol. The second kappa shape index (κ2) is 11.1. The fourth-order valence-corrected chi connectivity index (χ4v) is 5.02. The summed E-state index contributed by atoms with van der Waals surface area (Å²) in [4.78, 5) is 31.2. The van der Waals surface area contributed by atoms with Gasteiger partial charge < -0.3 is 25.6 Å². The molecule has 4 aromatic carbocycles. The summed E-state index contributed by atoms with van der Waals surface area (Å²) in [5.41, 5.74) is 6.12. The molecule has 1 aliphatic heterocycles. The summed E-state index contributed by atoms with van der Waals surface area (Å²) in [6.07, 6.45) is 3.10. The maximum absolute atomic E-state index is 13.1. The van der Waals surface area contributed by atoms with Crippen molar-refractivity contribution in [1.29, 1.82) is 0 Å². The summed E-state index contributed by atoms with van der Waals surface area (Å²) in [5.74, 6) is -0.322. The number of aliphatic hydroxyl groups is 1. The Morgan fingerprint density at radius 1 is 0.800 bits per heavy atom. The number of aliphatic hydroxyl groups excluding tert-OH is 1. The lowest BCUT2D eigenvalue weighted by molar-refractivity contribution is 0.102. The first-order valence-corrected chi connectivity index (χ1v) is 13.4. The van der Waals surface area contributed by atoms with Crippen molar-refractivity contribution in [1.82, 2.24) is 4.98 Å². The molecule has 1 aromatic heterocycles. The highest BCUT2D eigenvalue weighted by Gasteiger charge is 2.17. The highest BCUT2D eigenvalue weighted by atomic mass is 16.3. The molecule has 4 N–H and O–H groups in total. The Kier molecular flexibility index (Phi) is 7.04. The molecule has 0 spiro atoms. The van der Waals surface area contributed by atoms with Crippen LogP contribution in [-0.4, -0.2) is 41.0 Å². The number of anilines is 4. The Bertz CT molecular complexity index is 1630. The number of carbonyl (C=O) groups excluding carboxylic acids is 2. The number of aromatic amines is 1. The molecule has 1 amide bonds. The number of rotatable bonds is 7. The molecule has 0 saturated carbocycles. The van der Waals surface area contributed by atoms with E-state index in [1.807, 2.05) is 48.5 Å². The van der Waals surface area contributed by atoms with Gasteiger partial charge in [0.15, 0.2) is 5.78 Å². The molecule has 199 valence electrons. The average molecular weight is 530 g/mol. The summed E-state index contributed by atoms with van der Waals surface area (Å²) in [7, 11) is 0. The minimum atomic E-state index is -0.232. The molecule has 0 unspecified atom stereocenters. The van der Waals surface area contributed by atoms with Crippen LogP contribution in [0.1, 0.15) is 39.1 Å². The van der Waals surface area contributed by atoms with E-state index in [2.05, 4.69) is 38.7 Å². The van der Waals surface area contributed by atoms with Gasteiger partial charge in [0.25, 0.3) is 5.91 Å². The maximum atomic E-state index is 13.1. The molecule has 7 nitrogen and oxygen atoms in total. The molecule has 1 radical (unpaired) electrons. The number of amides is 1. The number of hydrogen-bond acceptors (Lipinski definition) is 5. The molecule has 5 aromatic rings. The molecule has 2 heterocycles. The molecule has 0 bridgehead atoms. The van der Waals surface area contributed by atoms with Crippen molar-refractivity contribution in [2.75, 3.05) is 28.6 Å². The standard InChI is InChI=1S/C33H29N4O3/c38-28-17-20-37(21-18-28)27-14-12-25(13-15-27)35-24-8-4-22(5-9-24)32(39)23-6-10-26(11-7-23)36-33(40)30-2-1-3-31-29(30)16-19-34-31/h1-15,19,28,34-35,38H,17-18,20-21H2,(H,36,40). The third kappa shape index (κ3) is 5.46. The van der Waals surface area contributed by atoms with Crippen LogP contribution in [-0.2, 0) is 0 Å². The maximum Gasteiger partial charge on any atom is 0.256 e. The third-order valence-corrected chi connectivity index (χ3v) is 7.29. The van der Waals surface area contributed by atoms with Crippen molar-refractivity contribution in [3.8, 4) is 0 Å². The fourth-order valence-electron chi connectivity index (χ4n) is 5.02.